The number of amides is 1. The first-order chi connectivity index (χ1) is 22.2. The lowest BCUT2D eigenvalue weighted by Crippen LogP contribution is -2.47. The average Bonchev–Trinajstić information content (AvgIpc) is 3.52. The van der Waals surface area contributed by atoms with Gasteiger partial charge < -0.3 is 25.0 Å². The number of anilines is 1. The highest BCUT2D eigenvalue weighted by Crippen LogP contribution is 2.22. The monoisotopic (exact) mass is 608 g/mol. The second-order valence-corrected chi connectivity index (χ2v) is 12.0. The van der Waals surface area contributed by atoms with Gasteiger partial charge in [-0.2, -0.15) is 0 Å². The smallest absolute Gasteiger partial charge is 0.251 e. The van der Waals surface area contributed by atoms with Crippen LogP contribution in [0.2, 0.25) is 0 Å². The molecule has 2 saturated heterocycles. The first kappa shape index (κ1) is 30.8. The molecule has 6 rings (SSSR count). The van der Waals surface area contributed by atoms with E-state index in [-0.39, 0.29) is 5.91 Å². The Morgan fingerprint density at radius 2 is 1.76 bits per heavy atom. The van der Waals surface area contributed by atoms with E-state index in [9.17, 15) is 4.79 Å². The molecule has 5 heterocycles. The molecule has 0 radical (unpaired) electrons. The van der Waals surface area contributed by atoms with Crippen molar-refractivity contribution in [3.8, 4) is 11.5 Å². The van der Waals surface area contributed by atoms with Gasteiger partial charge in [0.05, 0.1) is 6.54 Å². The first-order valence-corrected chi connectivity index (χ1v) is 16.4. The summed E-state index contributed by atoms with van der Waals surface area (Å²) in [6, 6.07) is 12.1. The summed E-state index contributed by atoms with van der Waals surface area (Å²) in [5, 5.41) is 15.6. The minimum Gasteiger partial charge on any atom is -0.378 e. The Morgan fingerprint density at radius 3 is 2.56 bits per heavy atom. The number of benzene rings is 1. The SMILES string of the molecule is CCc1cnccc1CNC(=O)c1cccc(NCc2nnc(-c3ccncn3)n2CCN2CCC(N3CCCCC3)CC2)c1. The summed E-state index contributed by atoms with van der Waals surface area (Å²) in [5.74, 6) is 1.45. The van der Waals surface area contributed by atoms with Gasteiger partial charge in [0, 0.05) is 55.5 Å². The Bertz CT molecular complexity index is 1530. The molecular formula is C34H44N10O. The van der Waals surface area contributed by atoms with Crippen LogP contribution in [-0.2, 0) is 26.1 Å². The Morgan fingerprint density at radius 1 is 0.911 bits per heavy atom. The van der Waals surface area contributed by atoms with E-state index in [4.69, 9.17) is 0 Å². The number of aryl methyl sites for hydroxylation is 1. The van der Waals surface area contributed by atoms with Gasteiger partial charge in [-0.3, -0.25) is 9.78 Å². The van der Waals surface area contributed by atoms with E-state index in [0.29, 0.717) is 18.7 Å². The largest absolute Gasteiger partial charge is 0.378 e. The number of hydrogen-bond acceptors (Lipinski definition) is 9. The molecule has 1 amide bonds. The molecule has 3 aromatic heterocycles. The fraction of sp³-hybridized carbons (Fsp3) is 0.471. The van der Waals surface area contributed by atoms with Crippen molar-refractivity contribution < 1.29 is 4.79 Å². The highest BCUT2D eigenvalue weighted by molar-refractivity contribution is 5.95. The summed E-state index contributed by atoms with van der Waals surface area (Å²) in [6.07, 6.45) is 14.3. The number of hydrogen-bond donors (Lipinski definition) is 2. The van der Waals surface area contributed by atoms with Crippen molar-refractivity contribution in [2.75, 3.05) is 38.0 Å². The molecule has 11 heteroatoms. The van der Waals surface area contributed by atoms with E-state index in [2.05, 4.69) is 57.1 Å². The van der Waals surface area contributed by atoms with Crippen molar-refractivity contribution in [3.05, 3.63) is 83.8 Å². The summed E-state index contributed by atoms with van der Waals surface area (Å²) in [7, 11) is 0. The molecule has 0 unspecified atom stereocenters. The molecule has 1 aromatic carbocycles. The Hall–Kier alpha value is -4.22. The molecule has 0 spiro atoms. The minimum absolute atomic E-state index is 0.115. The Balaban J connectivity index is 1.09. The van der Waals surface area contributed by atoms with Crippen LogP contribution in [0.25, 0.3) is 11.5 Å². The number of aromatic nitrogens is 6. The quantitative estimate of drug-likeness (QED) is 0.244. The van der Waals surface area contributed by atoms with Crippen LogP contribution in [0, 0.1) is 0 Å². The van der Waals surface area contributed by atoms with Crippen molar-refractivity contribution in [1.82, 2.24) is 44.8 Å². The van der Waals surface area contributed by atoms with Crippen LogP contribution in [0.4, 0.5) is 5.69 Å². The average molecular weight is 609 g/mol. The zero-order valence-corrected chi connectivity index (χ0v) is 26.2. The Kier molecular flexibility index (Phi) is 10.4. The molecule has 0 atom stereocenters. The van der Waals surface area contributed by atoms with Crippen molar-refractivity contribution in [2.45, 2.75) is 71.1 Å². The van der Waals surface area contributed by atoms with Gasteiger partial charge in [-0.25, -0.2) is 9.97 Å². The topological polar surface area (TPSA) is 117 Å². The van der Waals surface area contributed by atoms with Gasteiger partial charge in [0.2, 0.25) is 0 Å². The molecule has 0 aliphatic carbocycles. The number of pyridine rings is 1. The van der Waals surface area contributed by atoms with Crippen molar-refractivity contribution >= 4 is 11.6 Å². The fourth-order valence-electron chi connectivity index (χ4n) is 6.52. The summed E-state index contributed by atoms with van der Waals surface area (Å²) < 4.78 is 2.17. The summed E-state index contributed by atoms with van der Waals surface area (Å²) in [6.45, 7) is 9.51. The second-order valence-electron chi connectivity index (χ2n) is 12.0. The minimum atomic E-state index is -0.115. The highest BCUT2D eigenvalue weighted by Gasteiger charge is 2.26. The van der Waals surface area contributed by atoms with Gasteiger partial charge in [-0.15, -0.1) is 10.2 Å². The van der Waals surface area contributed by atoms with E-state index in [1.54, 1.807) is 18.7 Å². The lowest BCUT2D eigenvalue weighted by Gasteiger charge is -2.40. The molecule has 2 N–H and O–H groups in total. The maximum absolute atomic E-state index is 13.0. The van der Waals surface area contributed by atoms with Gasteiger partial charge in [0.25, 0.3) is 5.91 Å². The van der Waals surface area contributed by atoms with Crippen LogP contribution in [0.15, 0.2) is 61.3 Å². The molecule has 236 valence electrons. The molecule has 2 fully saturated rings. The molecule has 2 aliphatic heterocycles. The molecule has 0 saturated carbocycles. The second kappa shape index (κ2) is 15.2. The van der Waals surface area contributed by atoms with Crippen LogP contribution in [0.1, 0.15) is 66.3 Å². The van der Waals surface area contributed by atoms with Gasteiger partial charge in [0.1, 0.15) is 12.0 Å². The number of carbonyl (C=O) groups excluding carboxylic acids is 1. The molecule has 45 heavy (non-hydrogen) atoms. The zero-order chi connectivity index (χ0) is 30.8. The first-order valence-electron chi connectivity index (χ1n) is 16.4. The fourth-order valence-corrected chi connectivity index (χ4v) is 6.52. The zero-order valence-electron chi connectivity index (χ0n) is 26.2. The maximum Gasteiger partial charge on any atom is 0.251 e. The number of carbonyl (C=O) groups is 1. The Labute approximate surface area is 265 Å². The number of rotatable bonds is 12. The van der Waals surface area contributed by atoms with Crippen molar-refractivity contribution in [1.29, 1.82) is 0 Å². The normalized spacial score (nSPS) is 16.5. The lowest BCUT2D eigenvalue weighted by atomic mass is 10.00. The van der Waals surface area contributed by atoms with E-state index in [1.807, 2.05) is 42.6 Å². The molecule has 0 bridgehead atoms. The van der Waals surface area contributed by atoms with Crippen LogP contribution in [-0.4, -0.2) is 84.2 Å². The summed E-state index contributed by atoms with van der Waals surface area (Å²) in [5.41, 5.74) is 4.43. The molecule has 11 nitrogen and oxygen atoms in total. The number of likely N-dealkylation sites (tertiary alicyclic amines) is 2. The van der Waals surface area contributed by atoms with E-state index in [1.165, 1.54) is 45.2 Å². The van der Waals surface area contributed by atoms with Gasteiger partial charge in [0.15, 0.2) is 11.6 Å². The third-order valence-electron chi connectivity index (χ3n) is 9.14. The predicted molar refractivity (Wildman–Crippen MR) is 174 cm³/mol. The maximum atomic E-state index is 13.0. The van der Waals surface area contributed by atoms with Gasteiger partial charge in [-0.1, -0.05) is 19.4 Å². The highest BCUT2D eigenvalue weighted by atomic mass is 16.1. The third-order valence-corrected chi connectivity index (χ3v) is 9.14. The number of piperidine rings is 2. The van der Waals surface area contributed by atoms with Crippen LogP contribution in [0.3, 0.4) is 0 Å². The van der Waals surface area contributed by atoms with Crippen molar-refractivity contribution in [3.63, 3.8) is 0 Å². The van der Waals surface area contributed by atoms with Gasteiger partial charge >= 0.3 is 0 Å². The van der Waals surface area contributed by atoms with Crippen LogP contribution < -0.4 is 10.6 Å². The van der Waals surface area contributed by atoms with Crippen molar-refractivity contribution in [2.24, 2.45) is 0 Å². The molecule has 2 aliphatic rings. The standard InChI is InChI=1S/C34H44N10O/c1-2-26-22-35-13-9-28(26)23-38-34(45)27-7-6-8-29(21-27)37-24-32-40-41-33(31-10-14-36-25-39-31)44(32)20-19-42-17-11-30(12-18-42)43-15-4-3-5-16-43/h6-10,13-14,21-22,25,30,37H,2-5,11-12,15-20,23-24H2,1H3,(H,38,45). The molecule has 4 aromatic rings. The van der Waals surface area contributed by atoms with E-state index < -0.39 is 0 Å². The predicted octanol–water partition coefficient (Wildman–Crippen LogP) is 4.18. The number of nitrogens with one attached hydrogen (secondary N) is 2. The summed E-state index contributed by atoms with van der Waals surface area (Å²) >= 11 is 0. The van der Waals surface area contributed by atoms with Crippen LogP contribution >= 0.6 is 0 Å². The van der Waals surface area contributed by atoms with E-state index >= 15 is 0 Å². The lowest BCUT2D eigenvalue weighted by molar-refractivity contribution is 0.0910. The van der Waals surface area contributed by atoms with Gasteiger partial charge in [-0.05, 0) is 99.7 Å². The molecular weight excluding hydrogens is 564 g/mol. The van der Waals surface area contributed by atoms with Crippen LogP contribution in [0.5, 0.6) is 0 Å². The third kappa shape index (κ3) is 7.90. The van der Waals surface area contributed by atoms with E-state index in [0.717, 1.165) is 72.8 Å². The number of nitrogens with zero attached hydrogens (tertiary/aromatic N) is 8. The summed E-state index contributed by atoms with van der Waals surface area (Å²) in [4.78, 5) is 31.0.